The van der Waals surface area contributed by atoms with E-state index in [9.17, 15) is 4.79 Å². The standard InChI is InChI=1S/C15H11Cl2N3O/c1-20-13-5-3-2-4-12(13)18-15(20)19-14(21)10-7-6-9(16)8-11(10)17/h2-8H,1H3,(H,18,19,21). The van der Waals surface area contributed by atoms with Crippen molar-refractivity contribution < 1.29 is 4.79 Å². The summed E-state index contributed by atoms with van der Waals surface area (Å²) in [5.74, 6) is 0.141. The van der Waals surface area contributed by atoms with Crippen molar-refractivity contribution in [1.82, 2.24) is 9.55 Å². The second-order valence-corrected chi connectivity index (χ2v) is 5.41. The number of halogens is 2. The van der Waals surface area contributed by atoms with E-state index in [2.05, 4.69) is 10.3 Å². The lowest BCUT2D eigenvalue weighted by Crippen LogP contribution is -2.15. The SMILES string of the molecule is Cn1c(NC(=O)c2ccc(Cl)cc2Cl)nc2ccccc21. The van der Waals surface area contributed by atoms with Crippen molar-refractivity contribution in [2.75, 3.05) is 5.32 Å². The number of para-hydroxylation sites is 2. The highest BCUT2D eigenvalue weighted by Crippen LogP contribution is 2.23. The Hall–Kier alpha value is -2.04. The Labute approximate surface area is 131 Å². The van der Waals surface area contributed by atoms with Crippen LogP contribution in [0.1, 0.15) is 10.4 Å². The van der Waals surface area contributed by atoms with Crippen LogP contribution in [0.5, 0.6) is 0 Å². The number of hydrogen-bond donors (Lipinski definition) is 1. The van der Waals surface area contributed by atoms with Gasteiger partial charge in [0.2, 0.25) is 5.95 Å². The number of nitrogens with one attached hydrogen (secondary N) is 1. The van der Waals surface area contributed by atoms with Gasteiger partial charge in [-0.1, -0.05) is 35.3 Å². The van der Waals surface area contributed by atoms with Gasteiger partial charge in [0.25, 0.3) is 5.91 Å². The molecule has 0 atom stereocenters. The molecule has 106 valence electrons. The van der Waals surface area contributed by atoms with Crippen molar-refractivity contribution >= 4 is 46.1 Å². The quantitative estimate of drug-likeness (QED) is 0.771. The van der Waals surface area contributed by atoms with Crippen LogP contribution in [0.4, 0.5) is 5.95 Å². The highest BCUT2D eigenvalue weighted by molar-refractivity contribution is 6.37. The Morgan fingerprint density at radius 3 is 2.67 bits per heavy atom. The molecule has 0 saturated carbocycles. The largest absolute Gasteiger partial charge is 0.313 e. The molecule has 0 saturated heterocycles. The number of hydrogen-bond acceptors (Lipinski definition) is 2. The molecule has 2 aromatic carbocycles. The fraction of sp³-hybridized carbons (Fsp3) is 0.0667. The topological polar surface area (TPSA) is 46.9 Å². The number of aromatic nitrogens is 2. The summed E-state index contributed by atoms with van der Waals surface area (Å²) in [6, 6.07) is 12.4. The lowest BCUT2D eigenvalue weighted by molar-refractivity contribution is 0.102. The van der Waals surface area contributed by atoms with Crippen LogP contribution in [-0.4, -0.2) is 15.5 Å². The third-order valence-electron chi connectivity index (χ3n) is 3.19. The maximum Gasteiger partial charge on any atom is 0.259 e. The molecule has 0 spiro atoms. The fourth-order valence-corrected chi connectivity index (χ4v) is 2.59. The Bertz CT molecular complexity index is 842. The van der Waals surface area contributed by atoms with Gasteiger partial charge < -0.3 is 4.57 Å². The van der Waals surface area contributed by atoms with E-state index in [1.807, 2.05) is 35.9 Å². The van der Waals surface area contributed by atoms with Crippen LogP contribution in [0.3, 0.4) is 0 Å². The summed E-state index contributed by atoms with van der Waals surface area (Å²) < 4.78 is 1.82. The van der Waals surface area contributed by atoms with Crippen molar-refractivity contribution in [1.29, 1.82) is 0 Å². The van der Waals surface area contributed by atoms with E-state index in [1.165, 1.54) is 6.07 Å². The minimum absolute atomic E-state index is 0.304. The first-order valence-corrected chi connectivity index (χ1v) is 7.00. The summed E-state index contributed by atoms with van der Waals surface area (Å²) >= 11 is 11.9. The molecule has 3 rings (SSSR count). The van der Waals surface area contributed by atoms with Gasteiger partial charge >= 0.3 is 0 Å². The van der Waals surface area contributed by atoms with Crippen molar-refractivity contribution in [2.45, 2.75) is 0 Å². The predicted molar refractivity (Wildman–Crippen MR) is 85.1 cm³/mol. The Morgan fingerprint density at radius 2 is 1.95 bits per heavy atom. The van der Waals surface area contributed by atoms with Crippen LogP contribution >= 0.6 is 23.2 Å². The lowest BCUT2D eigenvalue weighted by atomic mass is 10.2. The second kappa shape index (κ2) is 5.39. The van der Waals surface area contributed by atoms with Gasteiger partial charge in [0.1, 0.15) is 0 Å². The molecule has 0 aliphatic rings. The van der Waals surface area contributed by atoms with Crippen LogP contribution < -0.4 is 5.32 Å². The van der Waals surface area contributed by atoms with Gasteiger partial charge in [0.05, 0.1) is 21.6 Å². The average Bonchev–Trinajstić information content (AvgIpc) is 2.76. The first kappa shape index (κ1) is 13.9. The summed E-state index contributed by atoms with van der Waals surface area (Å²) in [5, 5.41) is 3.55. The number of nitrogens with zero attached hydrogens (tertiary/aromatic N) is 2. The smallest absolute Gasteiger partial charge is 0.259 e. The third kappa shape index (κ3) is 2.60. The molecule has 6 heteroatoms. The van der Waals surface area contributed by atoms with E-state index in [0.29, 0.717) is 21.6 Å². The molecule has 0 aliphatic heterocycles. The van der Waals surface area contributed by atoms with Crippen molar-refractivity contribution in [3.8, 4) is 0 Å². The predicted octanol–water partition coefficient (Wildman–Crippen LogP) is 4.13. The lowest BCUT2D eigenvalue weighted by Gasteiger charge is -2.07. The molecular weight excluding hydrogens is 309 g/mol. The summed E-state index contributed by atoms with van der Waals surface area (Å²) in [6.45, 7) is 0. The van der Waals surface area contributed by atoms with E-state index >= 15 is 0 Å². The molecule has 4 nitrogen and oxygen atoms in total. The molecule has 0 radical (unpaired) electrons. The summed E-state index contributed by atoms with van der Waals surface area (Å²) in [6.07, 6.45) is 0. The first-order chi connectivity index (χ1) is 10.1. The number of imidazole rings is 1. The van der Waals surface area contributed by atoms with E-state index in [4.69, 9.17) is 23.2 Å². The number of carbonyl (C=O) groups is 1. The molecule has 0 unspecified atom stereocenters. The van der Waals surface area contributed by atoms with Crippen molar-refractivity contribution in [2.24, 2.45) is 7.05 Å². The van der Waals surface area contributed by atoms with Gasteiger partial charge in [-0.15, -0.1) is 0 Å². The number of amides is 1. The van der Waals surface area contributed by atoms with Crippen molar-refractivity contribution in [3.63, 3.8) is 0 Å². The maximum atomic E-state index is 12.3. The van der Waals surface area contributed by atoms with Crippen molar-refractivity contribution in [3.05, 3.63) is 58.1 Å². The van der Waals surface area contributed by atoms with Gasteiger partial charge in [-0.05, 0) is 30.3 Å². The van der Waals surface area contributed by atoms with Gasteiger partial charge in [0.15, 0.2) is 0 Å². The normalized spacial score (nSPS) is 10.8. The highest BCUT2D eigenvalue weighted by atomic mass is 35.5. The number of fused-ring (bicyclic) bond motifs is 1. The van der Waals surface area contributed by atoms with Crippen LogP contribution in [0.15, 0.2) is 42.5 Å². The minimum Gasteiger partial charge on any atom is -0.313 e. The molecule has 1 N–H and O–H groups in total. The minimum atomic E-state index is -0.324. The van der Waals surface area contributed by atoms with Gasteiger partial charge in [-0.25, -0.2) is 4.98 Å². The maximum absolute atomic E-state index is 12.3. The van der Waals surface area contributed by atoms with Crippen LogP contribution in [0.2, 0.25) is 10.0 Å². The number of benzene rings is 2. The molecule has 0 bridgehead atoms. The molecular formula is C15H11Cl2N3O. The molecule has 1 amide bonds. The number of aryl methyl sites for hydroxylation is 1. The van der Waals surface area contributed by atoms with Crippen LogP contribution in [-0.2, 0) is 7.05 Å². The van der Waals surface area contributed by atoms with Gasteiger partial charge in [-0.3, -0.25) is 10.1 Å². The van der Waals surface area contributed by atoms with E-state index in [-0.39, 0.29) is 5.91 Å². The number of rotatable bonds is 2. The molecule has 0 fully saturated rings. The first-order valence-electron chi connectivity index (χ1n) is 6.24. The fourth-order valence-electron chi connectivity index (χ4n) is 2.10. The highest BCUT2D eigenvalue weighted by Gasteiger charge is 2.14. The molecule has 1 aromatic heterocycles. The van der Waals surface area contributed by atoms with Crippen LogP contribution in [0.25, 0.3) is 11.0 Å². The van der Waals surface area contributed by atoms with E-state index in [0.717, 1.165) is 11.0 Å². The summed E-state index contributed by atoms with van der Waals surface area (Å²) in [7, 11) is 1.84. The second-order valence-electron chi connectivity index (χ2n) is 4.56. The van der Waals surface area contributed by atoms with Gasteiger partial charge in [-0.2, -0.15) is 0 Å². The molecule has 3 aromatic rings. The molecule has 21 heavy (non-hydrogen) atoms. The summed E-state index contributed by atoms with van der Waals surface area (Å²) in [4.78, 5) is 16.7. The summed E-state index contributed by atoms with van der Waals surface area (Å²) in [5.41, 5.74) is 2.11. The van der Waals surface area contributed by atoms with Crippen LogP contribution in [0, 0.1) is 0 Å². The van der Waals surface area contributed by atoms with Gasteiger partial charge in [0, 0.05) is 12.1 Å². The van der Waals surface area contributed by atoms with E-state index in [1.54, 1.807) is 12.1 Å². The Morgan fingerprint density at radius 1 is 1.19 bits per heavy atom. The Balaban J connectivity index is 1.94. The number of anilines is 1. The molecule has 0 aliphatic carbocycles. The monoisotopic (exact) mass is 319 g/mol. The zero-order chi connectivity index (χ0) is 15.0. The average molecular weight is 320 g/mol. The van der Waals surface area contributed by atoms with E-state index < -0.39 is 0 Å². The zero-order valence-electron chi connectivity index (χ0n) is 11.1. The Kier molecular flexibility index (Phi) is 3.57. The third-order valence-corrected chi connectivity index (χ3v) is 3.74. The molecule has 1 heterocycles. The number of carbonyl (C=O) groups excluding carboxylic acids is 1. The zero-order valence-corrected chi connectivity index (χ0v) is 12.6.